The van der Waals surface area contributed by atoms with Crippen LogP contribution in [0.15, 0.2) is 0 Å². The van der Waals surface area contributed by atoms with Crippen LogP contribution in [0.3, 0.4) is 0 Å². The number of carbonyl (C=O) groups excluding carboxylic acids is 1. The fourth-order valence-corrected chi connectivity index (χ4v) is 2.36. The van der Waals surface area contributed by atoms with Gasteiger partial charge in [-0.1, -0.05) is 12.8 Å². The summed E-state index contributed by atoms with van der Waals surface area (Å²) in [5.74, 6) is 0.792. The van der Waals surface area contributed by atoms with Crippen LogP contribution in [0, 0.1) is 5.92 Å². The molecule has 0 saturated heterocycles. The Morgan fingerprint density at radius 3 is 2.60 bits per heavy atom. The lowest BCUT2D eigenvalue weighted by atomic mass is 9.97. The SMILES string of the molecule is CCOC(=O)C1(NCC2CC2)CCCC1. The molecule has 15 heavy (non-hydrogen) atoms. The van der Waals surface area contributed by atoms with Gasteiger partial charge in [-0.25, -0.2) is 0 Å². The third-order valence-electron chi connectivity index (χ3n) is 3.55. The molecule has 2 fully saturated rings. The lowest BCUT2D eigenvalue weighted by Crippen LogP contribution is -2.51. The van der Waals surface area contributed by atoms with E-state index in [4.69, 9.17) is 4.74 Å². The van der Waals surface area contributed by atoms with E-state index in [-0.39, 0.29) is 11.5 Å². The molecule has 2 aliphatic carbocycles. The number of hydrogen-bond acceptors (Lipinski definition) is 3. The molecule has 2 saturated carbocycles. The Morgan fingerprint density at radius 2 is 2.07 bits per heavy atom. The van der Waals surface area contributed by atoms with Gasteiger partial charge in [-0.3, -0.25) is 4.79 Å². The van der Waals surface area contributed by atoms with E-state index in [1.165, 1.54) is 12.8 Å². The number of ether oxygens (including phenoxy) is 1. The van der Waals surface area contributed by atoms with Gasteiger partial charge in [0, 0.05) is 0 Å². The number of carbonyl (C=O) groups is 1. The average Bonchev–Trinajstić information content (AvgIpc) is 2.94. The molecule has 3 heteroatoms. The monoisotopic (exact) mass is 211 g/mol. The maximum Gasteiger partial charge on any atom is 0.326 e. The highest BCUT2D eigenvalue weighted by Gasteiger charge is 2.42. The third kappa shape index (κ3) is 2.51. The first-order chi connectivity index (χ1) is 7.27. The lowest BCUT2D eigenvalue weighted by Gasteiger charge is -2.27. The van der Waals surface area contributed by atoms with E-state index in [9.17, 15) is 4.79 Å². The molecule has 0 amide bonds. The molecule has 0 aliphatic heterocycles. The van der Waals surface area contributed by atoms with Crippen molar-refractivity contribution in [2.24, 2.45) is 5.92 Å². The van der Waals surface area contributed by atoms with Gasteiger partial charge in [-0.05, 0) is 45.1 Å². The lowest BCUT2D eigenvalue weighted by molar-refractivity contribution is -0.151. The van der Waals surface area contributed by atoms with E-state index >= 15 is 0 Å². The molecule has 0 aromatic rings. The molecule has 0 heterocycles. The van der Waals surface area contributed by atoms with Crippen LogP contribution in [0.1, 0.15) is 45.4 Å². The number of nitrogens with one attached hydrogen (secondary N) is 1. The van der Waals surface area contributed by atoms with Crippen LogP contribution in [0.4, 0.5) is 0 Å². The smallest absolute Gasteiger partial charge is 0.326 e. The Hall–Kier alpha value is -0.570. The Kier molecular flexibility index (Phi) is 3.29. The Balaban J connectivity index is 1.91. The topological polar surface area (TPSA) is 38.3 Å². The zero-order valence-corrected chi connectivity index (χ0v) is 9.55. The fourth-order valence-electron chi connectivity index (χ4n) is 2.36. The largest absolute Gasteiger partial charge is 0.465 e. The molecule has 0 aromatic carbocycles. The first kappa shape index (κ1) is 10.9. The molecular weight excluding hydrogens is 190 g/mol. The maximum atomic E-state index is 11.9. The van der Waals surface area contributed by atoms with Gasteiger partial charge in [0.05, 0.1) is 6.61 Å². The molecule has 3 nitrogen and oxygen atoms in total. The first-order valence-corrected chi connectivity index (χ1v) is 6.19. The highest BCUT2D eigenvalue weighted by Crippen LogP contribution is 2.34. The van der Waals surface area contributed by atoms with Crippen LogP contribution in [-0.4, -0.2) is 24.7 Å². The quantitative estimate of drug-likeness (QED) is 0.705. The van der Waals surface area contributed by atoms with Crippen molar-refractivity contribution in [2.75, 3.05) is 13.2 Å². The molecule has 0 aromatic heterocycles. The second-order valence-electron chi connectivity index (χ2n) is 4.83. The number of rotatable bonds is 5. The summed E-state index contributed by atoms with van der Waals surface area (Å²) in [6.07, 6.45) is 6.86. The van der Waals surface area contributed by atoms with Crippen LogP contribution in [0.25, 0.3) is 0 Å². The zero-order valence-electron chi connectivity index (χ0n) is 9.55. The van der Waals surface area contributed by atoms with Gasteiger partial charge in [-0.2, -0.15) is 0 Å². The molecule has 1 N–H and O–H groups in total. The predicted molar refractivity (Wildman–Crippen MR) is 58.6 cm³/mol. The van der Waals surface area contributed by atoms with Gasteiger partial charge in [-0.15, -0.1) is 0 Å². The van der Waals surface area contributed by atoms with Gasteiger partial charge in [0.1, 0.15) is 5.54 Å². The molecule has 0 radical (unpaired) electrons. The van der Waals surface area contributed by atoms with Gasteiger partial charge in [0.2, 0.25) is 0 Å². The van der Waals surface area contributed by atoms with Gasteiger partial charge in [0.25, 0.3) is 0 Å². The summed E-state index contributed by atoms with van der Waals surface area (Å²) in [5, 5.41) is 3.47. The Labute approximate surface area is 91.6 Å². The molecule has 2 aliphatic rings. The van der Waals surface area contributed by atoms with Crippen molar-refractivity contribution in [1.82, 2.24) is 5.32 Å². The summed E-state index contributed by atoms with van der Waals surface area (Å²) < 4.78 is 5.18. The van der Waals surface area contributed by atoms with E-state index in [1.807, 2.05) is 6.92 Å². The van der Waals surface area contributed by atoms with Crippen molar-refractivity contribution in [3.63, 3.8) is 0 Å². The summed E-state index contributed by atoms with van der Waals surface area (Å²) >= 11 is 0. The second kappa shape index (κ2) is 4.52. The minimum absolute atomic E-state index is 0.0249. The fraction of sp³-hybridized carbons (Fsp3) is 0.917. The predicted octanol–water partition coefficient (Wildman–Crippen LogP) is 1.86. The number of hydrogen-bond donors (Lipinski definition) is 1. The Bertz CT molecular complexity index is 230. The minimum atomic E-state index is -0.335. The summed E-state index contributed by atoms with van der Waals surface area (Å²) in [4.78, 5) is 11.9. The van der Waals surface area contributed by atoms with Crippen molar-refractivity contribution >= 4 is 5.97 Å². The van der Waals surface area contributed by atoms with Crippen LogP contribution in [0.5, 0.6) is 0 Å². The highest BCUT2D eigenvalue weighted by atomic mass is 16.5. The van der Waals surface area contributed by atoms with E-state index in [0.29, 0.717) is 6.61 Å². The summed E-state index contributed by atoms with van der Waals surface area (Å²) in [6, 6.07) is 0. The van der Waals surface area contributed by atoms with Crippen molar-refractivity contribution in [2.45, 2.75) is 51.0 Å². The van der Waals surface area contributed by atoms with Crippen LogP contribution in [0.2, 0.25) is 0 Å². The Morgan fingerprint density at radius 1 is 1.40 bits per heavy atom. The first-order valence-electron chi connectivity index (χ1n) is 6.19. The van der Waals surface area contributed by atoms with Crippen LogP contribution in [-0.2, 0) is 9.53 Å². The molecule has 0 bridgehead atoms. The average molecular weight is 211 g/mol. The van der Waals surface area contributed by atoms with Crippen molar-refractivity contribution in [3.05, 3.63) is 0 Å². The molecular formula is C12H21NO2. The maximum absolute atomic E-state index is 11.9. The standard InChI is InChI=1S/C12H21NO2/c1-2-15-11(14)12(7-3-4-8-12)13-9-10-5-6-10/h10,13H,2-9H2,1H3. The van der Waals surface area contributed by atoms with Crippen LogP contribution < -0.4 is 5.32 Å². The number of esters is 1. The van der Waals surface area contributed by atoms with Gasteiger partial charge in [0.15, 0.2) is 0 Å². The van der Waals surface area contributed by atoms with Crippen molar-refractivity contribution in [3.8, 4) is 0 Å². The van der Waals surface area contributed by atoms with Crippen molar-refractivity contribution in [1.29, 1.82) is 0 Å². The highest BCUT2D eigenvalue weighted by molar-refractivity contribution is 5.81. The minimum Gasteiger partial charge on any atom is -0.465 e. The molecule has 0 spiro atoms. The van der Waals surface area contributed by atoms with E-state index in [0.717, 1.165) is 38.1 Å². The summed E-state index contributed by atoms with van der Waals surface area (Å²) in [6.45, 7) is 3.37. The van der Waals surface area contributed by atoms with Crippen molar-refractivity contribution < 1.29 is 9.53 Å². The van der Waals surface area contributed by atoms with E-state index in [1.54, 1.807) is 0 Å². The second-order valence-corrected chi connectivity index (χ2v) is 4.83. The van der Waals surface area contributed by atoms with Gasteiger partial charge >= 0.3 is 5.97 Å². The zero-order chi connectivity index (χ0) is 10.7. The molecule has 86 valence electrons. The molecule has 0 unspecified atom stereocenters. The van der Waals surface area contributed by atoms with Crippen LogP contribution >= 0.6 is 0 Å². The normalized spacial score (nSPS) is 24.1. The summed E-state index contributed by atoms with van der Waals surface area (Å²) in [5.41, 5.74) is -0.335. The molecule has 0 atom stereocenters. The van der Waals surface area contributed by atoms with E-state index < -0.39 is 0 Å². The van der Waals surface area contributed by atoms with Gasteiger partial charge < -0.3 is 10.1 Å². The van der Waals surface area contributed by atoms with E-state index in [2.05, 4.69) is 5.32 Å². The molecule has 2 rings (SSSR count). The third-order valence-corrected chi connectivity index (χ3v) is 3.55. The summed E-state index contributed by atoms with van der Waals surface area (Å²) in [7, 11) is 0.